The zero-order valence-corrected chi connectivity index (χ0v) is 25.1. The van der Waals surface area contributed by atoms with Crippen molar-refractivity contribution in [3.05, 3.63) is 94.1 Å². The lowest BCUT2D eigenvalue weighted by Crippen LogP contribution is -2.23. The molecule has 0 aliphatic heterocycles. The van der Waals surface area contributed by atoms with Gasteiger partial charge < -0.3 is 29.5 Å². The lowest BCUT2D eigenvalue weighted by Gasteiger charge is -2.16. The topological polar surface area (TPSA) is 123 Å². The number of anilines is 1. The van der Waals surface area contributed by atoms with Crippen LogP contribution in [0, 0.1) is 20.8 Å². The molecule has 0 bridgehead atoms. The molecular formula is C33H36N6O4. The van der Waals surface area contributed by atoms with Gasteiger partial charge in [0.15, 0.2) is 0 Å². The Labute approximate surface area is 249 Å². The molecule has 0 atom stereocenters. The molecule has 0 saturated carbocycles. The molecule has 3 aromatic heterocycles. The second-order valence-corrected chi connectivity index (χ2v) is 10.8. The first kappa shape index (κ1) is 29.4. The molecule has 10 nitrogen and oxygen atoms in total. The predicted octanol–water partition coefficient (Wildman–Crippen LogP) is 5.62. The molecule has 3 N–H and O–H groups in total. The van der Waals surface area contributed by atoms with Gasteiger partial charge in [0.25, 0.3) is 11.5 Å². The molecule has 0 unspecified atom stereocenters. The summed E-state index contributed by atoms with van der Waals surface area (Å²) in [6.07, 6.45) is 8.26. The number of aromatic nitrogens is 4. The van der Waals surface area contributed by atoms with Gasteiger partial charge in [-0.1, -0.05) is 6.07 Å². The SMILES string of the molecule is CCNC(=O)c1cc2c(-c3cc(C)cc(Oc4c(C)cc(NC(=O)CCCn5ccnc5)cc4C)c3)cn(C)c(=O)c2[nH]1. The van der Waals surface area contributed by atoms with Gasteiger partial charge in [0, 0.05) is 61.8 Å². The highest BCUT2D eigenvalue weighted by molar-refractivity contribution is 6.02. The summed E-state index contributed by atoms with van der Waals surface area (Å²) in [5.74, 6) is 1.04. The summed E-state index contributed by atoms with van der Waals surface area (Å²) in [7, 11) is 1.69. The lowest BCUT2D eigenvalue weighted by molar-refractivity contribution is -0.116. The van der Waals surface area contributed by atoms with Crippen molar-refractivity contribution in [2.75, 3.05) is 11.9 Å². The van der Waals surface area contributed by atoms with E-state index in [0.29, 0.717) is 41.1 Å². The van der Waals surface area contributed by atoms with Gasteiger partial charge in [0.2, 0.25) is 5.91 Å². The van der Waals surface area contributed by atoms with Crippen LogP contribution >= 0.6 is 0 Å². The van der Waals surface area contributed by atoms with Gasteiger partial charge in [-0.2, -0.15) is 0 Å². The van der Waals surface area contributed by atoms with Crippen molar-refractivity contribution >= 4 is 28.4 Å². The summed E-state index contributed by atoms with van der Waals surface area (Å²) in [4.78, 5) is 45.0. The fourth-order valence-corrected chi connectivity index (χ4v) is 5.27. The molecule has 5 aromatic rings. The normalized spacial score (nSPS) is 11.1. The minimum Gasteiger partial charge on any atom is -0.457 e. The number of hydrogen-bond acceptors (Lipinski definition) is 5. The first-order valence-electron chi connectivity index (χ1n) is 14.3. The van der Waals surface area contributed by atoms with E-state index in [1.165, 1.54) is 4.57 Å². The third-order valence-electron chi connectivity index (χ3n) is 7.25. The summed E-state index contributed by atoms with van der Waals surface area (Å²) in [5.41, 5.74) is 5.63. The zero-order valence-electron chi connectivity index (χ0n) is 25.1. The number of fused-ring (bicyclic) bond motifs is 1. The van der Waals surface area contributed by atoms with E-state index in [4.69, 9.17) is 4.74 Å². The molecule has 0 aliphatic rings. The van der Waals surface area contributed by atoms with E-state index in [2.05, 4.69) is 20.6 Å². The predicted molar refractivity (Wildman–Crippen MR) is 168 cm³/mol. The third kappa shape index (κ3) is 6.53. The number of ether oxygens (including phenoxy) is 1. The Morgan fingerprint density at radius 1 is 1.05 bits per heavy atom. The van der Waals surface area contributed by atoms with Crippen LogP contribution in [0.1, 0.15) is 46.9 Å². The number of nitrogens with zero attached hydrogens (tertiary/aromatic N) is 3. The average Bonchev–Trinajstić information content (AvgIpc) is 3.63. The number of amides is 2. The molecule has 0 fully saturated rings. The number of benzene rings is 2. The standard InChI is InChI=1S/C33H36N6O4/c1-6-35-32(41)28-17-26-27(18-38(5)33(42)30(26)37-28)23-12-20(2)13-25(16-23)43-31-21(3)14-24(15-22(31)4)36-29(40)8-7-10-39-11-9-34-19-39/h9,11-19,37H,6-8,10H2,1-5H3,(H,35,41)(H,36,40). The van der Waals surface area contributed by atoms with Crippen LogP contribution in [-0.2, 0) is 18.4 Å². The zero-order chi connectivity index (χ0) is 30.7. The Bertz CT molecular complexity index is 1840. The molecule has 222 valence electrons. The highest BCUT2D eigenvalue weighted by atomic mass is 16.5. The molecule has 0 spiro atoms. The van der Waals surface area contributed by atoms with Crippen molar-refractivity contribution in [2.45, 2.75) is 47.1 Å². The van der Waals surface area contributed by atoms with E-state index in [0.717, 1.165) is 46.5 Å². The first-order valence-corrected chi connectivity index (χ1v) is 14.3. The first-order chi connectivity index (χ1) is 20.6. The van der Waals surface area contributed by atoms with E-state index < -0.39 is 0 Å². The number of nitrogens with one attached hydrogen (secondary N) is 3. The Balaban J connectivity index is 1.39. The molecule has 2 aromatic carbocycles. The van der Waals surface area contributed by atoms with Crippen molar-refractivity contribution in [1.29, 1.82) is 0 Å². The molecule has 43 heavy (non-hydrogen) atoms. The van der Waals surface area contributed by atoms with Gasteiger partial charge in [-0.3, -0.25) is 14.4 Å². The molecule has 10 heteroatoms. The highest BCUT2D eigenvalue weighted by Crippen LogP contribution is 2.36. The van der Waals surface area contributed by atoms with Crippen LogP contribution in [0.4, 0.5) is 5.69 Å². The number of aromatic amines is 1. The monoisotopic (exact) mass is 580 g/mol. The minimum absolute atomic E-state index is 0.0421. The summed E-state index contributed by atoms with van der Waals surface area (Å²) in [5, 5.41) is 6.44. The van der Waals surface area contributed by atoms with E-state index in [1.54, 1.807) is 31.8 Å². The molecule has 0 radical (unpaired) electrons. The van der Waals surface area contributed by atoms with Gasteiger partial charge in [-0.25, -0.2) is 4.98 Å². The number of aryl methyl sites for hydroxylation is 5. The molecular weight excluding hydrogens is 544 g/mol. The van der Waals surface area contributed by atoms with E-state index >= 15 is 0 Å². The number of rotatable bonds is 10. The van der Waals surface area contributed by atoms with Gasteiger partial charge in [-0.15, -0.1) is 0 Å². The molecule has 3 heterocycles. The van der Waals surface area contributed by atoms with E-state index in [9.17, 15) is 14.4 Å². The van der Waals surface area contributed by atoms with Gasteiger partial charge in [0.1, 0.15) is 22.7 Å². The lowest BCUT2D eigenvalue weighted by atomic mass is 10.0. The Kier molecular flexibility index (Phi) is 8.47. The number of carbonyl (C=O) groups excluding carboxylic acids is 2. The van der Waals surface area contributed by atoms with Crippen LogP contribution < -0.4 is 20.9 Å². The van der Waals surface area contributed by atoms with E-state index in [1.807, 2.05) is 68.8 Å². The fraction of sp³-hybridized carbons (Fsp3) is 0.273. The van der Waals surface area contributed by atoms with Crippen LogP contribution in [0.3, 0.4) is 0 Å². The second kappa shape index (κ2) is 12.4. The molecule has 2 amide bonds. The van der Waals surface area contributed by atoms with Gasteiger partial charge >= 0.3 is 0 Å². The van der Waals surface area contributed by atoms with Crippen molar-refractivity contribution in [3.8, 4) is 22.6 Å². The van der Waals surface area contributed by atoms with Crippen LogP contribution in [0.2, 0.25) is 0 Å². The van der Waals surface area contributed by atoms with Crippen LogP contribution in [0.25, 0.3) is 22.0 Å². The summed E-state index contributed by atoms with van der Waals surface area (Å²) in [6.45, 7) is 8.95. The van der Waals surface area contributed by atoms with Crippen molar-refractivity contribution in [3.63, 3.8) is 0 Å². The largest absolute Gasteiger partial charge is 0.457 e. The molecule has 0 saturated heterocycles. The third-order valence-corrected chi connectivity index (χ3v) is 7.25. The molecule has 5 rings (SSSR count). The smallest absolute Gasteiger partial charge is 0.274 e. The Hall–Kier alpha value is -5.12. The van der Waals surface area contributed by atoms with Crippen molar-refractivity contribution < 1.29 is 14.3 Å². The minimum atomic E-state index is -0.264. The van der Waals surface area contributed by atoms with Crippen molar-refractivity contribution in [2.24, 2.45) is 7.05 Å². The maximum absolute atomic E-state index is 12.9. The number of carbonyl (C=O) groups is 2. The van der Waals surface area contributed by atoms with Gasteiger partial charge in [-0.05, 0) is 86.7 Å². The highest BCUT2D eigenvalue weighted by Gasteiger charge is 2.17. The maximum atomic E-state index is 12.9. The quantitative estimate of drug-likeness (QED) is 0.198. The molecule has 0 aliphatic carbocycles. The van der Waals surface area contributed by atoms with E-state index in [-0.39, 0.29) is 17.4 Å². The number of pyridine rings is 1. The average molecular weight is 581 g/mol. The van der Waals surface area contributed by atoms with Crippen molar-refractivity contribution in [1.82, 2.24) is 24.4 Å². The number of hydrogen-bond donors (Lipinski definition) is 3. The second-order valence-electron chi connectivity index (χ2n) is 10.8. The number of imidazole rings is 1. The van der Waals surface area contributed by atoms with Gasteiger partial charge in [0.05, 0.1) is 6.33 Å². The van der Waals surface area contributed by atoms with Crippen LogP contribution in [-0.4, -0.2) is 37.5 Å². The summed E-state index contributed by atoms with van der Waals surface area (Å²) in [6, 6.07) is 11.4. The van der Waals surface area contributed by atoms with Crippen LogP contribution in [0.15, 0.2) is 66.1 Å². The fourth-order valence-electron chi connectivity index (χ4n) is 5.27. The van der Waals surface area contributed by atoms with Crippen LogP contribution in [0.5, 0.6) is 11.5 Å². The Morgan fingerprint density at radius 2 is 1.81 bits per heavy atom. The Morgan fingerprint density at radius 3 is 2.51 bits per heavy atom. The summed E-state index contributed by atoms with van der Waals surface area (Å²) < 4.78 is 9.89. The maximum Gasteiger partial charge on any atom is 0.274 e. The summed E-state index contributed by atoms with van der Waals surface area (Å²) >= 11 is 0. The number of H-pyrrole nitrogens is 1.